The Labute approximate surface area is 217 Å². The summed E-state index contributed by atoms with van der Waals surface area (Å²) in [7, 11) is 0. The van der Waals surface area contributed by atoms with E-state index in [4.69, 9.17) is 4.74 Å². The van der Waals surface area contributed by atoms with Crippen LogP contribution in [0.4, 0.5) is 0 Å². The van der Waals surface area contributed by atoms with E-state index in [2.05, 4.69) is 50.1 Å². The Morgan fingerprint density at radius 1 is 1.14 bits per heavy atom. The van der Waals surface area contributed by atoms with Gasteiger partial charge in [0.05, 0.1) is 23.8 Å². The van der Waals surface area contributed by atoms with Gasteiger partial charge >= 0.3 is 5.97 Å². The number of allylic oxidation sites excluding steroid dienone is 7. The van der Waals surface area contributed by atoms with Crippen molar-refractivity contribution in [1.82, 2.24) is 4.98 Å². The molecule has 0 radical (unpaired) electrons. The number of rotatable bonds is 15. The highest BCUT2D eigenvalue weighted by molar-refractivity contribution is 5.94. The zero-order valence-corrected chi connectivity index (χ0v) is 22.5. The molecule has 5 heteroatoms. The maximum Gasteiger partial charge on any atom is 0.308 e. The predicted molar refractivity (Wildman–Crippen MR) is 147 cm³/mol. The van der Waals surface area contributed by atoms with Crippen molar-refractivity contribution in [2.24, 2.45) is 17.8 Å². The van der Waals surface area contributed by atoms with E-state index in [1.165, 1.54) is 5.57 Å². The van der Waals surface area contributed by atoms with Gasteiger partial charge in [0.1, 0.15) is 0 Å². The monoisotopic (exact) mass is 495 g/mol. The van der Waals surface area contributed by atoms with Crippen LogP contribution in [-0.4, -0.2) is 34.1 Å². The molecule has 0 spiro atoms. The molecular weight excluding hydrogens is 450 g/mol. The van der Waals surface area contributed by atoms with Gasteiger partial charge in [0.25, 0.3) is 0 Å². The van der Waals surface area contributed by atoms with E-state index < -0.39 is 11.9 Å². The maximum absolute atomic E-state index is 12.1. The summed E-state index contributed by atoms with van der Waals surface area (Å²) in [6.07, 6.45) is 23.6. The zero-order chi connectivity index (χ0) is 26.3. The highest BCUT2D eigenvalue weighted by Crippen LogP contribution is 2.33. The van der Waals surface area contributed by atoms with Crippen LogP contribution < -0.4 is 0 Å². The van der Waals surface area contributed by atoms with Crippen LogP contribution in [0.5, 0.6) is 0 Å². The van der Waals surface area contributed by atoms with Crippen LogP contribution in [0.15, 0.2) is 66.4 Å². The molecule has 1 aliphatic heterocycles. The number of ether oxygens (including phenoxy) is 1. The topological polar surface area (TPSA) is 79.4 Å². The van der Waals surface area contributed by atoms with Gasteiger partial charge in [-0.1, -0.05) is 69.7 Å². The molecule has 1 aromatic heterocycles. The molecule has 198 valence electrons. The Morgan fingerprint density at radius 2 is 1.89 bits per heavy atom. The molecule has 2 N–H and O–H groups in total. The molecule has 5 nitrogen and oxygen atoms in total. The van der Waals surface area contributed by atoms with E-state index in [9.17, 15) is 14.7 Å². The molecule has 5 atom stereocenters. The molecule has 1 fully saturated rings. The number of Topliss-reactive ketones (excluding diaryl/α,β-unsaturated/α-hetero) is 1. The number of aromatic nitrogens is 1. The minimum Gasteiger partial charge on any atom is -0.481 e. The second-order valence-corrected chi connectivity index (χ2v) is 9.95. The lowest BCUT2D eigenvalue weighted by Crippen LogP contribution is -2.40. The molecule has 1 aliphatic rings. The standard InChI is InChI=1S/C31H45NO4/c1-5-25(16-12-13-19-28(33)27-18-14-22-32-27)15-10-8-7-9-11-17-26(6-2)30-23(3)20-21-29(36-30)24(4)31(34)35/h7-11,14-15,17-18,22-25,29-30,32H,5-6,12-13,16,19-21H2,1-4H3,(H,34,35). The number of carbonyl (C=O) groups is 2. The first-order chi connectivity index (χ1) is 17.4. The second kappa shape index (κ2) is 16.2. The third kappa shape index (κ3) is 9.77. The Bertz CT molecular complexity index is 909. The lowest BCUT2D eigenvalue weighted by molar-refractivity contribution is -0.152. The van der Waals surface area contributed by atoms with Crippen molar-refractivity contribution in [3.63, 3.8) is 0 Å². The maximum atomic E-state index is 12.1. The van der Waals surface area contributed by atoms with E-state index in [1.807, 2.05) is 30.4 Å². The van der Waals surface area contributed by atoms with Crippen LogP contribution in [0, 0.1) is 17.8 Å². The first kappa shape index (κ1) is 29.6. The molecule has 2 heterocycles. The summed E-state index contributed by atoms with van der Waals surface area (Å²) in [4.78, 5) is 26.4. The number of carboxylic acid groups (broad SMARTS) is 1. The van der Waals surface area contributed by atoms with Crippen molar-refractivity contribution >= 4 is 11.8 Å². The average Bonchev–Trinajstić information content (AvgIpc) is 3.42. The predicted octanol–water partition coefficient (Wildman–Crippen LogP) is 7.69. The smallest absolute Gasteiger partial charge is 0.308 e. The summed E-state index contributed by atoms with van der Waals surface area (Å²) in [5, 5.41) is 9.35. The fraction of sp³-hybridized carbons (Fsp3) is 0.548. The fourth-order valence-electron chi connectivity index (χ4n) is 4.72. The normalized spacial score (nSPS) is 23.0. The van der Waals surface area contributed by atoms with E-state index in [1.54, 1.807) is 13.1 Å². The Balaban J connectivity index is 1.78. The second-order valence-electron chi connectivity index (χ2n) is 9.95. The van der Waals surface area contributed by atoms with Crippen molar-refractivity contribution in [3.05, 3.63) is 72.1 Å². The van der Waals surface area contributed by atoms with Crippen molar-refractivity contribution in [3.8, 4) is 0 Å². The van der Waals surface area contributed by atoms with Crippen molar-refractivity contribution in [2.75, 3.05) is 0 Å². The van der Waals surface area contributed by atoms with Crippen LogP contribution in [0.3, 0.4) is 0 Å². The van der Waals surface area contributed by atoms with Gasteiger partial charge in [-0.25, -0.2) is 0 Å². The molecule has 0 amide bonds. The molecule has 2 rings (SSSR count). The lowest BCUT2D eigenvalue weighted by Gasteiger charge is -2.37. The quantitative estimate of drug-likeness (QED) is 0.148. The van der Waals surface area contributed by atoms with Crippen molar-refractivity contribution in [1.29, 1.82) is 0 Å². The highest BCUT2D eigenvalue weighted by Gasteiger charge is 2.35. The highest BCUT2D eigenvalue weighted by atomic mass is 16.5. The van der Waals surface area contributed by atoms with E-state index in [0.29, 0.717) is 24.0 Å². The van der Waals surface area contributed by atoms with Gasteiger partial charge in [-0.15, -0.1) is 0 Å². The van der Waals surface area contributed by atoms with Gasteiger partial charge in [-0.05, 0) is 75.0 Å². The zero-order valence-electron chi connectivity index (χ0n) is 22.5. The van der Waals surface area contributed by atoms with Crippen LogP contribution in [0.1, 0.15) is 89.5 Å². The molecular formula is C31H45NO4. The van der Waals surface area contributed by atoms with Gasteiger partial charge in [0.2, 0.25) is 0 Å². The number of H-pyrrole nitrogens is 1. The molecule has 0 aliphatic carbocycles. The Hall–Kier alpha value is -2.66. The van der Waals surface area contributed by atoms with Crippen LogP contribution in [0.2, 0.25) is 0 Å². The Morgan fingerprint density at radius 3 is 2.56 bits per heavy atom. The van der Waals surface area contributed by atoms with Crippen LogP contribution in [-0.2, 0) is 9.53 Å². The first-order valence-electron chi connectivity index (χ1n) is 13.6. The van der Waals surface area contributed by atoms with Crippen molar-refractivity contribution in [2.45, 2.75) is 91.3 Å². The lowest BCUT2D eigenvalue weighted by atomic mass is 9.85. The molecule has 36 heavy (non-hydrogen) atoms. The van der Waals surface area contributed by atoms with Crippen LogP contribution >= 0.6 is 0 Å². The summed E-state index contributed by atoms with van der Waals surface area (Å²) in [6, 6.07) is 3.69. The SMILES string of the molecule is CCC(=CC=CC=CC=CC(CC)CCCCC(=O)c1ccc[nH]1)C1OC(C(C)C(=O)O)CCC1C. The third-order valence-electron chi connectivity index (χ3n) is 7.26. The summed E-state index contributed by atoms with van der Waals surface area (Å²) >= 11 is 0. The van der Waals surface area contributed by atoms with Gasteiger partial charge in [-0.3, -0.25) is 9.59 Å². The molecule has 0 saturated carbocycles. The summed E-state index contributed by atoms with van der Waals surface area (Å²) in [5.41, 5.74) is 1.92. The number of unbranched alkanes of at least 4 members (excludes halogenated alkanes) is 1. The number of hydrogen-bond donors (Lipinski definition) is 2. The van der Waals surface area contributed by atoms with Gasteiger partial charge in [0.15, 0.2) is 5.78 Å². The molecule has 1 aromatic rings. The number of nitrogens with one attached hydrogen (secondary N) is 1. The minimum atomic E-state index is -0.790. The summed E-state index contributed by atoms with van der Waals surface area (Å²) in [6.45, 7) is 8.26. The molecule has 0 bridgehead atoms. The summed E-state index contributed by atoms with van der Waals surface area (Å²) in [5.74, 6) is -0.170. The van der Waals surface area contributed by atoms with Gasteiger partial charge in [-0.2, -0.15) is 0 Å². The van der Waals surface area contributed by atoms with Crippen LogP contribution in [0.25, 0.3) is 0 Å². The Kier molecular flexibility index (Phi) is 13.3. The number of carboxylic acids is 1. The van der Waals surface area contributed by atoms with Gasteiger partial charge in [0, 0.05) is 12.6 Å². The molecule has 1 saturated heterocycles. The average molecular weight is 496 g/mol. The van der Waals surface area contributed by atoms with E-state index >= 15 is 0 Å². The van der Waals surface area contributed by atoms with E-state index in [0.717, 1.165) is 44.9 Å². The minimum absolute atomic E-state index is 0.0208. The van der Waals surface area contributed by atoms with Gasteiger partial charge < -0.3 is 14.8 Å². The largest absolute Gasteiger partial charge is 0.481 e. The number of ketones is 1. The molecule has 5 unspecified atom stereocenters. The first-order valence-corrected chi connectivity index (χ1v) is 13.6. The molecule has 0 aromatic carbocycles. The van der Waals surface area contributed by atoms with E-state index in [-0.39, 0.29) is 18.0 Å². The number of aliphatic carboxylic acids is 1. The number of hydrogen-bond acceptors (Lipinski definition) is 3. The fourth-order valence-corrected chi connectivity index (χ4v) is 4.72. The third-order valence-corrected chi connectivity index (χ3v) is 7.26. The number of aromatic amines is 1. The summed E-state index contributed by atoms with van der Waals surface area (Å²) < 4.78 is 6.25. The van der Waals surface area contributed by atoms with Crippen molar-refractivity contribution < 1.29 is 19.4 Å². The number of carbonyl (C=O) groups excluding carboxylic acids is 1.